The Labute approximate surface area is 122 Å². The molecule has 0 saturated carbocycles. The summed E-state index contributed by atoms with van der Waals surface area (Å²) in [6, 6.07) is 4.69. The zero-order valence-electron chi connectivity index (χ0n) is 12.4. The summed E-state index contributed by atoms with van der Waals surface area (Å²) >= 11 is 0. The predicted octanol–water partition coefficient (Wildman–Crippen LogP) is 3.16. The molecule has 21 heavy (non-hydrogen) atoms. The van der Waals surface area contributed by atoms with Crippen LogP contribution in [0.2, 0.25) is 0 Å². The molecule has 0 aliphatic heterocycles. The molecule has 2 aromatic rings. The highest BCUT2D eigenvalue weighted by atomic mass is 16.6. The molecule has 0 spiro atoms. The molecule has 1 heterocycles. The number of nitrogens with zero attached hydrogens (tertiary/aromatic N) is 3. The molecule has 1 aromatic heterocycles. The molecule has 0 unspecified atom stereocenters. The summed E-state index contributed by atoms with van der Waals surface area (Å²) in [5.41, 5.74) is 0.560. The van der Waals surface area contributed by atoms with Gasteiger partial charge in [0.25, 0.3) is 5.89 Å². The molecule has 0 radical (unpaired) electrons. The lowest BCUT2D eigenvalue weighted by atomic mass is 9.96. The number of rotatable bonds is 4. The van der Waals surface area contributed by atoms with Gasteiger partial charge in [0.15, 0.2) is 18.2 Å². The van der Waals surface area contributed by atoms with Crippen molar-refractivity contribution < 1.29 is 14.2 Å². The van der Waals surface area contributed by atoms with E-state index in [0.29, 0.717) is 5.82 Å². The molecule has 0 aliphatic rings. The van der Waals surface area contributed by atoms with Gasteiger partial charge < -0.3 is 9.26 Å². The van der Waals surface area contributed by atoms with Crippen molar-refractivity contribution in [2.75, 3.05) is 0 Å². The first-order chi connectivity index (χ1) is 9.77. The molecular formula is C14H17N3O4. The van der Waals surface area contributed by atoms with Crippen LogP contribution in [-0.4, -0.2) is 15.1 Å². The van der Waals surface area contributed by atoms with Gasteiger partial charge in [0.2, 0.25) is 0 Å². The fourth-order valence-corrected chi connectivity index (χ4v) is 1.65. The molecule has 0 fully saturated rings. The Balaban J connectivity index is 2.15. The van der Waals surface area contributed by atoms with Gasteiger partial charge >= 0.3 is 5.69 Å². The van der Waals surface area contributed by atoms with Crippen molar-refractivity contribution in [2.45, 2.75) is 39.7 Å². The number of hydrogen-bond donors (Lipinski definition) is 0. The minimum absolute atomic E-state index is 0.00657. The zero-order valence-corrected chi connectivity index (χ0v) is 12.4. The van der Waals surface area contributed by atoms with Crippen LogP contribution in [0, 0.1) is 17.0 Å². The second-order valence-electron chi connectivity index (χ2n) is 5.78. The van der Waals surface area contributed by atoms with Crippen molar-refractivity contribution in [2.24, 2.45) is 0 Å². The Bertz CT molecular complexity index is 658. The number of hydrogen-bond acceptors (Lipinski definition) is 6. The Morgan fingerprint density at radius 1 is 1.38 bits per heavy atom. The average Bonchev–Trinajstić information content (AvgIpc) is 2.84. The van der Waals surface area contributed by atoms with Crippen molar-refractivity contribution in [3.63, 3.8) is 0 Å². The average molecular weight is 291 g/mol. The molecule has 0 amide bonds. The van der Waals surface area contributed by atoms with Crippen LogP contribution < -0.4 is 4.74 Å². The van der Waals surface area contributed by atoms with Crippen molar-refractivity contribution in [3.05, 3.63) is 45.6 Å². The van der Waals surface area contributed by atoms with Crippen LogP contribution in [-0.2, 0) is 12.0 Å². The first-order valence-electron chi connectivity index (χ1n) is 6.48. The lowest BCUT2D eigenvalue weighted by Gasteiger charge is -2.10. The van der Waals surface area contributed by atoms with E-state index >= 15 is 0 Å². The molecular weight excluding hydrogens is 274 g/mol. The van der Waals surface area contributed by atoms with Crippen LogP contribution in [0.25, 0.3) is 0 Å². The van der Waals surface area contributed by atoms with E-state index in [1.54, 1.807) is 12.1 Å². The molecule has 2 rings (SSSR count). The van der Waals surface area contributed by atoms with Crippen LogP contribution in [0.3, 0.4) is 0 Å². The first kappa shape index (κ1) is 15.0. The first-order valence-corrected chi connectivity index (χ1v) is 6.48. The summed E-state index contributed by atoms with van der Waals surface area (Å²) in [5, 5.41) is 14.8. The smallest absolute Gasteiger partial charge is 0.310 e. The van der Waals surface area contributed by atoms with Gasteiger partial charge in [-0.2, -0.15) is 4.98 Å². The maximum Gasteiger partial charge on any atom is 0.310 e. The summed E-state index contributed by atoms with van der Waals surface area (Å²) in [5.74, 6) is 1.05. The normalized spacial score (nSPS) is 11.4. The molecule has 0 atom stereocenters. The summed E-state index contributed by atoms with van der Waals surface area (Å²) in [7, 11) is 0. The third-order valence-corrected chi connectivity index (χ3v) is 2.80. The van der Waals surface area contributed by atoms with E-state index in [4.69, 9.17) is 9.26 Å². The molecule has 1 aromatic carbocycles. The minimum Gasteiger partial charge on any atom is -0.477 e. The lowest BCUT2D eigenvalue weighted by Crippen LogP contribution is -2.13. The van der Waals surface area contributed by atoms with Crippen LogP contribution in [0.1, 0.15) is 38.0 Å². The van der Waals surface area contributed by atoms with E-state index in [1.807, 2.05) is 27.7 Å². The molecule has 0 saturated heterocycles. The summed E-state index contributed by atoms with van der Waals surface area (Å²) in [4.78, 5) is 14.7. The quantitative estimate of drug-likeness (QED) is 0.634. The molecule has 112 valence electrons. The van der Waals surface area contributed by atoms with E-state index in [-0.39, 0.29) is 29.3 Å². The van der Waals surface area contributed by atoms with E-state index in [9.17, 15) is 10.1 Å². The van der Waals surface area contributed by atoms with E-state index in [1.165, 1.54) is 6.07 Å². The van der Waals surface area contributed by atoms with Gasteiger partial charge in [0.1, 0.15) is 0 Å². The summed E-state index contributed by atoms with van der Waals surface area (Å²) < 4.78 is 10.5. The molecule has 0 aliphatic carbocycles. The second-order valence-corrected chi connectivity index (χ2v) is 5.78. The molecule has 7 heteroatoms. The van der Waals surface area contributed by atoms with Gasteiger partial charge in [-0.15, -0.1) is 0 Å². The van der Waals surface area contributed by atoms with Crippen molar-refractivity contribution >= 4 is 5.69 Å². The topological polar surface area (TPSA) is 91.3 Å². The largest absolute Gasteiger partial charge is 0.477 e. The number of ether oxygens (including phenoxy) is 1. The van der Waals surface area contributed by atoms with Crippen LogP contribution in [0.15, 0.2) is 22.7 Å². The maximum absolute atomic E-state index is 11.0. The number of nitro benzene ring substituents is 1. The van der Waals surface area contributed by atoms with Crippen LogP contribution >= 0.6 is 0 Å². The zero-order chi connectivity index (χ0) is 15.6. The molecule has 7 nitrogen and oxygen atoms in total. The minimum atomic E-state index is -0.483. The monoisotopic (exact) mass is 291 g/mol. The Kier molecular flexibility index (Phi) is 3.93. The lowest BCUT2D eigenvalue weighted by molar-refractivity contribution is -0.386. The second kappa shape index (κ2) is 5.51. The summed E-state index contributed by atoms with van der Waals surface area (Å²) in [6.45, 7) is 7.73. The Morgan fingerprint density at radius 2 is 2.10 bits per heavy atom. The highest BCUT2D eigenvalue weighted by molar-refractivity contribution is 5.48. The standard InChI is InChI=1S/C14H17N3O4/c1-9-5-6-10(17(18)19)11(7-9)20-8-12-15-13(16-21-12)14(2,3)4/h5-7H,8H2,1-4H3. The van der Waals surface area contributed by atoms with Crippen molar-refractivity contribution in [1.82, 2.24) is 10.1 Å². The highest BCUT2D eigenvalue weighted by Crippen LogP contribution is 2.28. The number of benzene rings is 1. The maximum atomic E-state index is 11.0. The van der Waals surface area contributed by atoms with Gasteiger partial charge in [0.05, 0.1) is 4.92 Å². The van der Waals surface area contributed by atoms with Crippen molar-refractivity contribution in [1.29, 1.82) is 0 Å². The van der Waals surface area contributed by atoms with Gasteiger partial charge in [0, 0.05) is 11.5 Å². The number of nitro groups is 1. The number of aryl methyl sites for hydroxylation is 1. The van der Waals surface area contributed by atoms with Gasteiger partial charge in [-0.05, 0) is 18.6 Å². The van der Waals surface area contributed by atoms with Crippen molar-refractivity contribution in [3.8, 4) is 5.75 Å². The molecule has 0 N–H and O–H groups in total. The Morgan fingerprint density at radius 3 is 2.67 bits per heavy atom. The number of aromatic nitrogens is 2. The predicted molar refractivity (Wildman–Crippen MR) is 75.2 cm³/mol. The Hall–Kier alpha value is -2.44. The summed E-state index contributed by atoms with van der Waals surface area (Å²) in [6.07, 6.45) is 0. The van der Waals surface area contributed by atoms with Gasteiger partial charge in [-0.1, -0.05) is 32.0 Å². The third kappa shape index (κ3) is 3.56. The van der Waals surface area contributed by atoms with Gasteiger partial charge in [-0.3, -0.25) is 10.1 Å². The van der Waals surface area contributed by atoms with Gasteiger partial charge in [-0.25, -0.2) is 0 Å². The molecule has 0 bridgehead atoms. The SMILES string of the molecule is Cc1ccc([N+](=O)[O-])c(OCc2nc(C(C)(C)C)no2)c1. The van der Waals surface area contributed by atoms with E-state index < -0.39 is 4.92 Å². The third-order valence-electron chi connectivity index (χ3n) is 2.80. The van der Waals surface area contributed by atoms with E-state index in [2.05, 4.69) is 10.1 Å². The highest BCUT2D eigenvalue weighted by Gasteiger charge is 2.22. The van der Waals surface area contributed by atoms with Crippen LogP contribution in [0.4, 0.5) is 5.69 Å². The fraction of sp³-hybridized carbons (Fsp3) is 0.429. The van der Waals surface area contributed by atoms with E-state index in [0.717, 1.165) is 5.56 Å². The fourth-order valence-electron chi connectivity index (χ4n) is 1.65. The van der Waals surface area contributed by atoms with Crippen LogP contribution in [0.5, 0.6) is 5.75 Å².